The van der Waals surface area contributed by atoms with Gasteiger partial charge in [-0.25, -0.2) is 9.78 Å². The Bertz CT molecular complexity index is 984. The van der Waals surface area contributed by atoms with Crippen molar-refractivity contribution < 1.29 is 9.53 Å². The molecule has 6 nitrogen and oxygen atoms in total. The Morgan fingerprint density at radius 3 is 2.68 bits per heavy atom. The van der Waals surface area contributed by atoms with E-state index in [0.29, 0.717) is 34.6 Å². The zero-order chi connectivity index (χ0) is 20.1. The number of benzene rings is 2. The van der Waals surface area contributed by atoms with E-state index in [-0.39, 0.29) is 0 Å². The van der Waals surface area contributed by atoms with Gasteiger partial charge in [0.1, 0.15) is 5.82 Å². The van der Waals surface area contributed by atoms with Crippen molar-refractivity contribution in [2.24, 2.45) is 0 Å². The highest BCUT2D eigenvalue weighted by atomic mass is 35.5. The SMILES string of the molecule is CCOC(=O)c1ccccc1Nc1nccc(Nc2c(C)cc(C)cc2Cl)n1. The van der Waals surface area contributed by atoms with E-state index in [2.05, 4.69) is 20.6 Å². The lowest BCUT2D eigenvalue weighted by Gasteiger charge is -2.13. The summed E-state index contributed by atoms with van der Waals surface area (Å²) in [7, 11) is 0. The number of rotatable bonds is 6. The van der Waals surface area contributed by atoms with Crippen molar-refractivity contribution in [2.45, 2.75) is 20.8 Å². The topological polar surface area (TPSA) is 76.1 Å². The van der Waals surface area contributed by atoms with Crippen molar-refractivity contribution in [3.63, 3.8) is 0 Å². The van der Waals surface area contributed by atoms with Gasteiger partial charge in [-0.05, 0) is 56.2 Å². The molecule has 0 saturated heterocycles. The van der Waals surface area contributed by atoms with E-state index in [9.17, 15) is 4.79 Å². The van der Waals surface area contributed by atoms with Gasteiger partial charge in [0, 0.05) is 6.20 Å². The molecule has 0 unspecified atom stereocenters. The van der Waals surface area contributed by atoms with Crippen LogP contribution < -0.4 is 10.6 Å². The van der Waals surface area contributed by atoms with Crippen LogP contribution in [0.15, 0.2) is 48.7 Å². The van der Waals surface area contributed by atoms with Gasteiger partial charge in [0.25, 0.3) is 0 Å². The second-order valence-electron chi connectivity index (χ2n) is 6.22. The molecule has 0 fully saturated rings. The van der Waals surface area contributed by atoms with Gasteiger partial charge in [-0.1, -0.05) is 29.8 Å². The summed E-state index contributed by atoms with van der Waals surface area (Å²) in [6.45, 7) is 6.05. The van der Waals surface area contributed by atoms with Gasteiger partial charge in [-0.3, -0.25) is 0 Å². The second-order valence-corrected chi connectivity index (χ2v) is 6.63. The summed E-state index contributed by atoms with van der Waals surface area (Å²) < 4.78 is 5.10. The van der Waals surface area contributed by atoms with Crippen LogP contribution in [0.3, 0.4) is 0 Å². The zero-order valence-electron chi connectivity index (χ0n) is 15.9. The number of esters is 1. The molecule has 144 valence electrons. The lowest BCUT2D eigenvalue weighted by molar-refractivity contribution is 0.0527. The average molecular weight is 397 g/mol. The smallest absolute Gasteiger partial charge is 0.340 e. The van der Waals surface area contributed by atoms with Crippen LogP contribution in [-0.2, 0) is 4.74 Å². The maximum atomic E-state index is 12.1. The first kappa shape index (κ1) is 19.6. The van der Waals surface area contributed by atoms with Crippen molar-refractivity contribution in [3.8, 4) is 0 Å². The van der Waals surface area contributed by atoms with Crippen molar-refractivity contribution >= 4 is 40.7 Å². The van der Waals surface area contributed by atoms with E-state index in [4.69, 9.17) is 16.3 Å². The van der Waals surface area contributed by atoms with E-state index in [1.54, 1.807) is 37.4 Å². The maximum absolute atomic E-state index is 12.1. The van der Waals surface area contributed by atoms with Crippen LogP contribution in [0.4, 0.5) is 23.1 Å². The Kier molecular flexibility index (Phi) is 6.11. The molecule has 0 aliphatic heterocycles. The minimum Gasteiger partial charge on any atom is -0.462 e. The molecule has 0 saturated carbocycles. The number of hydrogen-bond acceptors (Lipinski definition) is 6. The predicted molar refractivity (Wildman–Crippen MR) is 112 cm³/mol. The monoisotopic (exact) mass is 396 g/mol. The summed E-state index contributed by atoms with van der Waals surface area (Å²) in [5.74, 6) is 0.532. The highest BCUT2D eigenvalue weighted by Crippen LogP contribution is 2.30. The Labute approximate surface area is 168 Å². The zero-order valence-corrected chi connectivity index (χ0v) is 16.7. The Hall–Kier alpha value is -3.12. The second kappa shape index (κ2) is 8.71. The first-order valence-electron chi connectivity index (χ1n) is 8.88. The molecule has 28 heavy (non-hydrogen) atoms. The molecule has 7 heteroatoms. The molecule has 0 aliphatic rings. The van der Waals surface area contributed by atoms with E-state index < -0.39 is 5.97 Å². The quantitative estimate of drug-likeness (QED) is 0.542. The van der Waals surface area contributed by atoms with Crippen LogP contribution in [0.25, 0.3) is 0 Å². The number of carbonyl (C=O) groups is 1. The molecule has 0 bridgehead atoms. The fourth-order valence-corrected chi connectivity index (χ4v) is 3.16. The van der Waals surface area contributed by atoms with E-state index in [0.717, 1.165) is 16.8 Å². The molecule has 0 amide bonds. The molecule has 0 radical (unpaired) electrons. The number of nitrogens with zero attached hydrogens (tertiary/aromatic N) is 2. The van der Waals surface area contributed by atoms with Crippen molar-refractivity contribution in [1.82, 2.24) is 9.97 Å². The maximum Gasteiger partial charge on any atom is 0.340 e. The van der Waals surface area contributed by atoms with Gasteiger partial charge in [0.15, 0.2) is 0 Å². The fraction of sp³-hybridized carbons (Fsp3) is 0.190. The molecule has 3 rings (SSSR count). The standard InChI is InChI=1S/C21H21ClN4O2/c1-4-28-20(27)15-7-5-6-8-17(15)24-21-23-10-9-18(26-21)25-19-14(3)11-13(2)12-16(19)22/h5-12H,4H2,1-3H3,(H2,23,24,25,26). The highest BCUT2D eigenvalue weighted by molar-refractivity contribution is 6.33. The minimum atomic E-state index is -0.401. The average Bonchev–Trinajstić information content (AvgIpc) is 2.65. The first-order chi connectivity index (χ1) is 13.5. The Morgan fingerprint density at radius 2 is 1.93 bits per heavy atom. The van der Waals surface area contributed by atoms with Crippen LogP contribution in [0.5, 0.6) is 0 Å². The number of hydrogen-bond donors (Lipinski definition) is 2. The highest BCUT2D eigenvalue weighted by Gasteiger charge is 2.13. The summed E-state index contributed by atoms with van der Waals surface area (Å²) in [6, 6.07) is 12.8. The fourth-order valence-electron chi connectivity index (χ4n) is 2.79. The predicted octanol–water partition coefficient (Wildman–Crippen LogP) is 5.41. The number of carbonyl (C=O) groups excluding carboxylic acids is 1. The van der Waals surface area contributed by atoms with Crippen LogP contribution in [0, 0.1) is 13.8 Å². The largest absolute Gasteiger partial charge is 0.462 e. The molecule has 1 aromatic heterocycles. The Balaban J connectivity index is 1.85. The number of aromatic nitrogens is 2. The van der Waals surface area contributed by atoms with Crippen LogP contribution in [-0.4, -0.2) is 22.5 Å². The molecule has 0 spiro atoms. The van der Waals surface area contributed by atoms with Crippen molar-refractivity contribution in [2.75, 3.05) is 17.2 Å². The summed E-state index contributed by atoms with van der Waals surface area (Å²) in [4.78, 5) is 20.8. The summed E-state index contributed by atoms with van der Waals surface area (Å²) in [5, 5.41) is 6.94. The van der Waals surface area contributed by atoms with Gasteiger partial charge in [0.2, 0.25) is 5.95 Å². The van der Waals surface area contributed by atoms with E-state index >= 15 is 0 Å². The molecular weight excluding hydrogens is 376 g/mol. The molecule has 2 aromatic carbocycles. The van der Waals surface area contributed by atoms with Crippen molar-refractivity contribution in [3.05, 3.63) is 70.4 Å². The van der Waals surface area contributed by atoms with Crippen LogP contribution in [0.2, 0.25) is 5.02 Å². The molecule has 0 aliphatic carbocycles. The first-order valence-corrected chi connectivity index (χ1v) is 9.25. The summed E-state index contributed by atoms with van der Waals surface area (Å²) in [5.41, 5.74) is 3.90. The van der Waals surface area contributed by atoms with Gasteiger partial charge in [-0.15, -0.1) is 0 Å². The number of nitrogens with one attached hydrogen (secondary N) is 2. The molecule has 2 N–H and O–H groups in total. The molecule has 0 atom stereocenters. The van der Waals surface area contributed by atoms with Crippen LogP contribution in [0.1, 0.15) is 28.4 Å². The lowest BCUT2D eigenvalue weighted by atomic mass is 10.1. The minimum absolute atomic E-state index is 0.305. The van der Waals surface area contributed by atoms with Crippen LogP contribution >= 0.6 is 11.6 Å². The number of para-hydroxylation sites is 1. The molecular formula is C21H21ClN4O2. The number of anilines is 4. The van der Waals surface area contributed by atoms with E-state index in [1.165, 1.54) is 0 Å². The molecule has 3 aromatic rings. The summed E-state index contributed by atoms with van der Waals surface area (Å²) in [6.07, 6.45) is 1.63. The summed E-state index contributed by atoms with van der Waals surface area (Å²) >= 11 is 6.37. The van der Waals surface area contributed by atoms with Crippen molar-refractivity contribution in [1.29, 1.82) is 0 Å². The lowest BCUT2D eigenvalue weighted by Crippen LogP contribution is -2.09. The number of aryl methyl sites for hydroxylation is 2. The third-order valence-corrected chi connectivity index (χ3v) is 4.31. The van der Waals surface area contributed by atoms with Gasteiger partial charge < -0.3 is 15.4 Å². The number of ether oxygens (including phenoxy) is 1. The normalized spacial score (nSPS) is 10.4. The van der Waals surface area contributed by atoms with Gasteiger partial charge in [0.05, 0.1) is 28.6 Å². The van der Waals surface area contributed by atoms with Gasteiger partial charge >= 0.3 is 5.97 Å². The third-order valence-electron chi connectivity index (χ3n) is 4.01. The van der Waals surface area contributed by atoms with Gasteiger partial charge in [-0.2, -0.15) is 4.98 Å². The Morgan fingerprint density at radius 1 is 1.14 bits per heavy atom. The van der Waals surface area contributed by atoms with E-state index in [1.807, 2.05) is 32.0 Å². The third kappa shape index (κ3) is 4.58. The number of halogens is 1. The molecule has 1 heterocycles.